The van der Waals surface area contributed by atoms with E-state index in [-0.39, 0.29) is 11.0 Å². The average molecular weight is 367 g/mol. The van der Waals surface area contributed by atoms with Gasteiger partial charge in [-0.15, -0.1) is 0 Å². The molecule has 0 aliphatic carbocycles. The summed E-state index contributed by atoms with van der Waals surface area (Å²) in [5.74, 6) is -1.73. The molecule has 0 unspecified atom stereocenters. The molecule has 6 nitrogen and oxygen atoms in total. The number of aromatic nitrogens is 3. The zero-order chi connectivity index (χ0) is 14.9. The van der Waals surface area contributed by atoms with Gasteiger partial charge in [0.25, 0.3) is 0 Å². The second-order valence-electron chi connectivity index (χ2n) is 3.89. The van der Waals surface area contributed by atoms with E-state index in [1.54, 1.807) is 0 Å². The number of halogens is 3. The van der Waals surface area contributed by atoms with E-state index in [0.29, 0.717) is 11.9 Å². The Labute approximate surface area is 122 Å². The highest BCUT2D eigenvalue weighted by Crippen LogP contribution is 2.28. The average Bonchev–Trinajstić information content (AvgIpc) is 2.79. The van der Waals surface area contributed by atoms with Crippen LogP contribution < -0.4 is 0 Å². The minimum Gasteiger partial charge on any atom is -0.262 e. The number of aromatic amines is 1. The SMILES string of the molecule is CN(Cc1ncn[nH]1)S(=O)(=O)c1c(F)cc(F)cc1Br. The van der Waals surface area contributed by atoms with Crippen LogP contribution in [0.5, 0.6) is 0 Å². The van der Waals surface area contributed by atoms with Gasteiger partial charge < -0.3 is 0 Å². The van der Waals surface area contributed by atoms with E-state index < -0.39 is 26.6 Å². The molecule has 0 amide bonds. The minimum atomic E-state index is -4.14. The fourth-order valence-corrected chi connectivity index (χ4v) is 3.77. The summed E-state index contributed by atoms with van der Waals surface area (Å²) in [7, 11) is -2.88. The minimum absolute atomic E-state index is 0.119. The molecule has 0 radical (unpaired) electrons. The van der Waals surface area contributed by atoms with E-state index in [2.05, 4.69) is 31.1 Å². The predicted octanol–water partition coefficient (Wildman–Crippen LogP) is 1.67. The topological polar surface area (TPSA) is 79.0 Å². The molecule has 0 aliphatic heterocycles. The number of sulfonamides is 1. The third-order valence-corrected chi connectivity index (χ3v) is 5.24. The van der Waals surface area contributed by atoms with E-state index in [1.165, 1.54) is 13.4 Å². The molecule has 108 valence electrons. The van der Waals surface area contributed by atoms with E-state index in [9.17, 15) is 17.2 Å². The zero-order valence-corrected chi connectivity index (χ0v) is 12.5. The van der Waals surface area contributed by atoms with Gasteiger partial charge in [0.1, 0.15) is 28.7 Å². The maximum atomic E-state index is 13.7. The molecule has 0 atom stereocenters. The van der Waals surface area contributed by atoms with Crippen molar-refractivity contribution >= 4 is 26.0 Å². The number of hydrogen-bond acceptors (Lipinski definition) is 4. The Morgan fingerprint density at radius 3 is 2.65 bits per heavy atom. The summed E-state index contributed by atoms with van der Waals surface area (Å²) in [6.45, 7) is -0.119. The van der Waals surface area contributed by atoms with E-state index in [1.807, 2.05) is 0 Å². The van der Waals surface area contributed by atoms with Crippen LogP contribution in [0.1, 0.15) is 5.82 Å². The van der Waals surface area contributed by atoms with Gasteiger partial charge in [-0.25, -0.2) is 22.2 Å². The summed E-state index contributed by atoms with van der Waals surface area (Å²) in [5.41, 5.74) is 0. The molecule has 0 spiro atoms. The van der Waals surface area contributed by atoms with Crippen molar-refractivity contribution in [3.05, 3.63) is 40.4 Å². The van der Waals surface area contributed by atoms with Crippen LogP contribution in [0.25, 0.3) is 0 Å². The van der Waals surface area contributed by atoms with Gasteiger partial charge in [0.15, 0.2) is 0 Å². The molecule has 0 saturated carbocycles. The molecule has 0 saturated heterocycles. The molecule has 2 rings (SSSR count). The van der Waals surface area contributed by atoms with E-state index in [0.717, 1.165) is 10.4 Å². The van der Waals surface area contributed by atoms with Crippen molar-refractivity contribution in [2.45, 2.75) is 11.4 Å². The van der Waals surface area contributed by atoms with Crippen molar-refractivity contribution in [2.75, 3.05) is 7.05 Å². The molecule has 10 heteroatoms. The Morgan fingerprint density at radius 2 is 2.10 bits per heavy atom. The summed E-state index contributed by atoms with van der Waals surface area (Å²) in [6.07, 6.45) is 1.23. The number of nitrogens with one attached hydrogen (secondary N) is 1. The third kappa shape index (κ3) is 2.86. The van der Waals surface area contributed by atoms with Crippen molar-refractivity contribution in [3.63, 3.8) is 0 Å². The summed E-state index contributed by atoms with van der Waals surface area (Å²) >= 11 is 2.86. The van der Waals surface area contributed by atoms with Crippen LogP contribution in [0.2, 0.25) is 0 Å². The predicted molar refractivity (Wildman–Crippen MR) is 69.1 cm³/mol. The molecular weight excluding hydrogens is 358 g/mol. The lowest BCUT2D eigenvalue weighted by atomic mass is 10.3. The molecule has 2 aromatic rings. The van der Waals surface area contributed by atoms with Crippen LogP contribution in [-0.2, 0) is 16.6 Å². The first-order chi connectivity index (χ1) is 9.32. The molecule has 1 heterocycles. The standard InChI is InChI=1S/C10H9BrF2N4O2S/c1-17(4-9-14-5-15-16-9)20(18,19)10-7(11)2-6(12)3-8(10)13/h2-3,5H,4H2,1H3,(H,14,15,16). The summed E-state index contributed by atoms with van der Waals surface area (Å²) in [5, 5.41) is 6.08. The van der Waals surface area contributed by atoms with Crippen molar-refractivity contribution < 1.29 is 17.2 Å². The van der Waals surface area contributed by atoms with E-state index >= 15 is 0 Å². The van der Waals surface area contributed by atoms with Crippen LogP contribution in [0.3, 0.4) is 0 Å². The van der Waals surface area contributed by atoms with Gasteiger partial charge in [0.05, 0.1) is 6.54 Å². The largest absolute Gasteiger partial charge is 0.262 e. The Kier molecular flexibility index (Phi) is 4.16. The van der Waals surface area contributed by atoms with Crippen LogP contribution in [0, 0.1) is 11.6 Å². The van der Waals surface area contributed by atoms with Gasteiger partial charge in [0.2, 0.25) is 10.0 Å². The summed E-state index contributed by atoms with van der Waals surface area (Å²) in [6, 6.07) is 1.40. The highest BCUT2D eigenvalue weighted by atomic mass is 79.9. The fourth-order valence-electron chi connectivity index (χ4n) is 1.53. The monoisotopic (exact) mass is 366 g/mol. The normalized spacial score (nSPS) is 12.1. The van der Waals surface area contributed by atoms with Crippen LogP contribution in [0.4, 0.5) is 8.78 Å². The van der Waals surface area contributed by atoms with Gasteiger partial charge in [0, 0.05) is 17.6 Å². The number of benzene rings is 1. The smallest absolute Gasteiger partial charge is 0.247 e. The molecule has 1 aromatic heterocycles. The lowest BCUT2D eigenvalue weighted by Crippen LogP contribution is -2.28. The summed E-state index contributed by atoms with van der Waals surface area (Å²) < 4.78 is 52.0. The number of hydrogen-bond donors (Lipinski definition) is 1. The second-order valence-corrected chi connectivity index (χ2v) is 6.73. The van der Waals surface area contributed by atoms with Gasteiger partial charge in [-0.2, -0.15) is 9.40 Å². The Balaban J connectivity index is 2.40. The third-order valence-electron chi connectivity index (χ3n) is 2.47. The highest BCUT2D eigenvalue weighted by molar-refractivity contribution is 9.10. The highest BCUT2D eigenvalue weighted by Gasteiger charge is 2.28. The number of nitrogens with zero attached hydrogens (tertiary/aromatic N) is 3. The molecule has 0 bridgehead atoms. The first-order valence-corrected chi connectivity index (χ1v) is 7.51. The zero-order valence-electron chi connectivity index (χ0n) is 10.1. The van der Waals surface area contributed by atoms with Gasteiger partial charge in [-0.05, 0) is 22.0 Å². The van der Waals surface area contributed by atoms with Gasteiger partial charge in [-0.3, -0.25) is 5.10 Å². The van der Waals surface area contributed by atoms with Crippen molar-refractivity contribution in [1.29, 1.82) is 0 Å². The first-order valence-electron chi connectivity index (χ1n) is 5.27. The van der Waals surface area contributed by atoms with Crippen molar-refractivity contribution in [2.24, 2.45) is 0 Å². The van der Waals surface area contributed by atoms with Crippen molar-refractivity contribution in [1.82, 2.24) is 19.5 Å². The Morgan fingerprint density at radius 1 is 1.40 bits per heavy atom. The molecule has 0 fully saturated rings. The molecule has 1 N–H and O–H groups in total. The molecular formula is C10H9BrF2N4O2S. The fraction of sp³-hybridized carbons (Fsp3) is 0.200. The maximum absolute atomic E-state index is 13.7. The quantitative estimate of drug-likeness (QED) is 0.892. The Bertz CT molecular complexity index is 698. The summed E-state index contributed by atoms with van der Waals surface area (Å²) in [4.78, 5) is 3.16. The van der Waals surface area contributed by atoms with Crippen LogP contribution in [-0.4, -0.2) is 35.0 Å². The second kappa shape index (κ2) is 5.54. The van der Waals surface area contributed by atoms with E-state index in [4.69, 9.17) is 0 Å². The van der Waals surface area contributed by atoms with Crippen LogP contribution >= 0.6 is 15.9 Å². The number of H-pyrrole nitrogens is 1. The lowest BCUT2D eigenvalue weighted by molar-refractivity contribution is 0.449. The molecule has 0 aliphatic rings. The van der Waals surface area contributed by atoms with Crippen LogP contribution in [0.15, 0.2) is 27.8 Å². The molecule has 1 aromatic carbocycles. The molecule has 20 heavy (non-hydrogen) atoms. The van der Waals surface area contributed by atoms with Gasteiger partial charge in [-0.1, -0.05) is 0 Å². The Hall–Kier alpha value is -1.39. The van der Waals surface area contributed by atoms with Gasteiger partial charge >= 0.3 is 0 Å². The maximum Gasteiger partial charge on any atom is 0.247 e. The first kappa shape index (κ1) is 15.0. The lowest BCUT2D eigenvalue weighted by Gasteiger charge is -2.17. The number of rotatable bonds is 4. The van der Waals surface area contributed by atoms with Crippen molar-refractivity contribution in [3.8, 4) is 0 Å².